The first kappa shape index (κ1) is 17.4. The molecule has 0 aliphatic heterocycles. The zero-order valence-electron chi connectivity index (χ0n) is 14.9. The normalized spacial score (nSPS) is 12.3. The SMILES string of the molecule is CC[C@H](NC(=O)c1cc(-c2cccs2)no1)c1c(C)nn(CC)c1C. The van der Waals surface area contributed by atoms with E-state index in [0.717, 1.165) is 34.8 Å². The van der Waals surface area contributed by atoms with E-state index in [9.17, 15) is 4.79 Å². The second-order valence-electron chi connectivity index (χ2n) is 5.89. The van der Waals surface area contributed by atoms with Crippen molar-refractivity contribution >= 4 is 17.2 Å². The van der Waals surface area contributed by atoms with Gasteiger partial charge < -0.3 is 9.84 Å². The monoisotopic (exact) mass is 358 g/mol. The molecule has 3 aromatic heterocycles. The van der Waals surface area contributed by atoms with E-state index in [0.29, 0.717) is 5.69 Å². The van der Waals surface area contributed by atoms with Crippen molar-refractivity contribution < 1.29 is 9.32 Å². The number of thiophene rings is 1. The van der Waals surface area contributed by atoms with Crippen LogP contribution in [0.4, 0.5) is 0 Å². The molecule has 0 bridgehead atoms. The average Bonchev–Trinajstić information content (AvgIpc) is 3.33. The van der Waals surface area contributed by atoms with Crippen molar-refractivity contribution in [3.63, 3.8) is 0 Å². The maximum Gasteiger partial charge on any atom is 0.290 e. The van der Waals surface area contributed by atoms with Gasteiger partial charge in [0.15, 0.2) is 0 Å². The van der Waals surface area contributed by atoms with Crippen LogP contribution >= 0.6 is 11.3 Å². The summed E-state index contributed by atoms with van der Waals surface area (Å²) in [5.41, 5.74) is 3.79. The minimum atomic E-state index is -0.259. The molecule has 7 heteroatoms. The van der Waals surface area contributed by atoms with Gasteiger partial charge in [-0.2, -0.15) is 5.10 Å². The molecule has 0 saturated carbocycles. The number of carbonyl (C=O) groups is 1. The molecule has 0 aliphatic rings. The van der Waals surface area contributed by atoms with Crippen molar-refractivity contribution in [1.82, 2.24) is 20.3 Å². The lowest BCUT2D eigenvalue weighted by atomic mass is 10.0. The molecular formula is C18H22N4O2S. The summed E-state index contributed by atoms with van der Waals surface area (Å²) in [6.07, 6.45) is 0.773. The van der Waals surface area contributed by atoms with Gasteiger partial charge >= 0.3 is 0 Å². The number of aryl methyl sites for hydroxylation is 2. The summed E-state index contributed by atoms with van der Waals surface area (Å²) in [6, 6.07) is 5.47. The third kappa shape index (κ3) is 3.37. The summed E-state index contributed by atoms with van der Waals surface area (Å²) in [5, 5.41) is 13.6. The van der Waals surface area contributed by atoms with E-state index in [-0.39, 0.29) is 17.7 Å². The second kappa shape index (κ2) is 7.23. The van der Waals surface area contributed by atoms with Gasteiger partial charge in [-0.25, -0.2) is 0 Å². The quantitative estimate of drug-likeness (QED) is 0.719. The van der Waals surface area contributed by atoms with Crippen LogP contribution in [0.5, 0.6) is 0 Å². The third-order valence-electron chi connectivity index (χ3n) is 4.31. The van der Waals surface area contributed by atoms with Crippen LogP contribution in [-0.2, 0) is 6.54 Å². The third-order valence-corrected chi connectivity index (χ3v) is 5.20. The number of hydrogen-bond donors (Lipinski definition) is 1. The predicted octanol–water partition coefficient (Wildman–Crippen LogP) is 4.12. The maximum atomic E-state index is 12.6. The highest BCUT2D eigenvalue weighted by Gasteiger charge is 2.23. The minimum Gasteiger partial charge on any atom is -0.350 e. The molecule has 3 heterocycles. The molecule has 6 nitrogen and oxygen atoms in total. The average molecular weight is 358 g/mol. The molecule has 3 rings (SSSR count). The van der Waals surface area contributed by atoms with E-state index in [1.165, 1.54) is 0 Å². The number of carbonyl (C=O) groups excluding carboxylic acids is 1. The molecule has 0 saturated heterocycles. The van der Waals surface area contributed by atoms with Crippen molar-refractivity contribution in [2.45, 2.75) is 46.7 Å². The summed E-state index contributed by atoms with van der Waals surface area (Å²) in [7, 11) is 0. The standard InChI is InChI=1S/C18H22N4O2S/c1-5-13(17-11(3)20-22(6-2)12(17)4)19-18(23)15-10-14(21-24-15)16-8-7-9-25-16/h7-10,13H,5-6H2,1-4H3,(H,19,23)/t13-/m0/s1. The molecule has 132 valence electrons. The molecule has 0 fully saturated rings. The Balaban J connectivity index is 1.80. The lowest BCUT2D eigenvalue weighted by Gasteiger charge is -2.17. The van der Waals surface area contributed by atoms with Gasteiger partial charge in [-0.15, -0.1) is 11.3 Å². The summed E-state index contributed by atoms with van der Waals surface area (Å²) in [4.78, 5) is 13.6. The fourth-order valence-electron chi connectivity index (χ4n) is 3.05. The highest BCUT2D eigenvalue weighted by Crippen LogP contribution is 2.26. The fourth-order valence-corrected chi connectivity index (χ4v) is 3.73. The number of rotatable bonds is 6. The van der Waals surface area contributed by atoms with E-state index >= 15 is 0 Å². The molecule has 1 atom stereocenters. The van der Waals surface area contributed by atoms with Crippen molar-refractivity contribution in [3.05, 3.63) is 46.3 Å². The van der Waals surface area contributed by atoms with Crippen LogP contribution in [-0.4, -0.2) is 20.8 Å². The van der Waals surface area contributed by atoms with Gasteiger partial charge in [0.05, 0.1) is 16.6 Å². The van der Waals surface area contributed by atoms with Crippen molar-refractivity contribution in [2.24, 2.45) is 0 Å². The van der Waals surface area contributed by atoms with Crippen LogP contribution in [0.3, 0.4) is 0 Å². The van der Waals surface area contributed by atoms with E-state index in [4.69, 9.17) is 4.52 Å². The highest BCUT2D eigenvalue weighted by atomic mass is 32.1. The van der Waals surface area contributed by atoms with Crippen molar-refractivity contribution in [1.29, 1.82) is 0 Å². The van der Waals surface area contributed by atoms with Crippen molar-refractivity contribution in [3.8, 4) is 10.6 Å². The summed E-state index contributed by atoms with van der Waals surface area (Å²) >= 11 is 1.56. The lowest BCUT2D eigenvalue weighted by molar-refractivity contribution is 0.0898. The Morgan fingerprint density at radius 3 is 2.80 bits per heavy atom. The van der Waals surface area contributed by atoms with Gasteiger partial charge in [0.2, 0.25) is 5.76 Å². The summed E-state index contributed by atoms with van der Waals surface area (Å²) in [5.74, 6) is -0.0368. The summed E-state index contributed by atoms with van der Waals surface area (Å²) in [6.45, 7) is 8.93. The number of nitrogens with one attached hydrogen (secondary N) is 1. The van der Waals surface area contributed by atoms with Crippen LogP contribution in [0.15, 0.2) is 28.1 Å². The van der Waals surface area contributed by atoms with Crippen molar-refractivity contribution in [2.75, 3.05) is 0 Å². The van der Waals surface area contributed by atoms with Gasteiger partial charge in [0, 0.05) is 23.9 Å². The molecule has 0 spiro atoms. The van der Waals surface area contributed by atoms with Crippen LogP contribution in [0.2, 0.25) is 0 Å². The van der Waals surface area contributed by atoms with E-state index in [1.807, 2.05) is 43.0 Å². The van der Waals surface area contributed by atoms with E-state index < -0.39 is 0 Å². The van der Waals surface area contributed by atoms with E-state index in [2.05, 4.69) is 22.5 Å². The largest absolute Gasteiger partial charge is 0.350 e. The molecule has 1 N–H and O–H groups in total. The fraction of sp³-hybridized carbons (Fsp3) is 0.389. The van der Waals surface area contributed by atoms with Gasteiger partial charge in [0.1, 0.15) is 5.69 Å². The van der Waals surface area contributed by atoms with Gasteiger partial charge in [-0.05, 0) is 38.6 Å². The topological polar surface area (TPSA) is 73.0 Å². The number of hydrogen-bond acceptors (Lipinski definition) is 5. The molecule has 0 unspecified atom stereocenters. The first-order valence-corrected chi connectivity index (χ1v) is 9.28. The Morgan fingerprint density at radius 1 is 1.40 bits per heavy atom. The molecule has 0 radical (unpaired) electrons. The van der Waals surface area contributed by atoms with E-state index in [1.54, 1.807) is 17.4 Å². The molecule has 0 aliphatic carbocycles. The van der Waals surface area contributed by atoms with Crippen LogP contribution in [0.1, 0.15) is 53.8 Å². The van der Waals surface area contributed by atoms with Crippen LogP contribution in [0.25, 0.3) is 10.6 Å². The number of amides is 1. The predicted molar refractivity (Wildman–Crippen MR) is 97.7 cm³/mol. The van der Waals surface area contributed by atoms with Gasteiger partial charge in [0.25, 0.3) is 5.91 Å². The first-order valence-electron chi connectivity index (χ1n) is 8.40. The smallest absolute Gasteiger partial charge is 0.290 e. The molecular weight excluding hydrogens is 336 g/mol. The Morgan fingerprint density at radius 2 is 2.20 bits per heavy atom. The number of nitrogens with zero attached hydrogens (tertiary/aromatic N) is 3. The maximum absolute atomic E-state index is 12.6. The van der Waals surface area contributed by atoms with Gasteiger partial charge in [-0.1, -0.05) is 18.1 Å². The first-order chi connectivity index (χ1) is 12.0. The highest BCUT2D eigenvalue weighted by molar-refractivity contribution is 7.13. The Kier molecular flexibility index (Phi) is 5.03. The Labute approximate surface area is 150 Å². The van der Waals surface area contributed by atoms with Crippen LogP contribution in [0, 0.1) is 13.8 Å². The lowest BCUT2D eigenvalue weighted by Crippen LogP contribution is -2.28. The second-order valence-corrected chi connectivity index (χ2v) is 6.84. The minimum absolute atomic E-state index is 0.108. The molecule has 3 aromatic rings. The molecule has 1 amide bonds. The van der Waals surface area contributed by atoms with Gasteiger partial charge in [-0.3, -0.25) is 9.48 Å². The zero-order chi connectivity index (χ0) is 18.0. The Hall–Kier alpha value is -2.41. The Bertz CT molecular complexity index is 864. The number of aromatic nitrogens is 3. The molecule has 25 heavy (non-hydrogen) atoms. The zero-order valence-corrected chi connectivity index (χ0v) is 15.7. The summed E-state index contributed by atoms with van der Waals surface area (Å²) < 4.78 is 7.20. The van der Waals surface area contributed by atoms with Crippen LogP contribution < -0.4 is 5.32 Å². The molecule has 0 aromatic carbocycles.